The molecule has 4 rings (SSSR count). The van der Waals surface area contributed by atoms with E-state index in [1.165, 1.54) is 17.7 Å². The Balaban J connectivity index is 1.62. The molecule has 154 valence electrons. The summed E-state index contributed by atoms with van der Waals surface area (Å²) < 4.78 is 28.5. The Morgan fingerprint density at radius 3 is 2.47 bits per heavy atom. The van der Waals surface area contributed by atoms with E-state index in [4.69, 9.17) is 11.6 Å². The topological polar surface area (TPSA) is 66.5 Å². The Morgan fingerprint density at radius 2 is 1.70 bits per heavy atom. The zero-order valence-corrected chi connectivity index (χ0v) is 18.0. The van der Waals surface area contributed by atoms with Gasteiger partial charge in [-0.3, -0.25) is 9.52 Å². The minimum Gasteiger partial charge on any atom is -0.334 e. The monoisotopic (exact) mass is 440 g/mol. The van der Waals surface area contributed by atoms with E-state index in [1.807, 2.05) is 37.3 Å². The number of anilines is 1. The molecule has 1 amide bonds. The van der Waals surface area contributed by atoms with Gasteiger partial charge in [-0.1, -0.05) is 54.1 Å². The number of benzene rings is 3. The van der Waals surface area contributed by atoms with Crippen molar-refractivity contribution in [3.05, 3.63) is 94.0 Å². The van der Waals surface area contributed by atoms with Crippen LogP contribution in [-0.2, 0) is 23.0 Å². The fraction of sp³-hybridized carbons (Fsp3) is 0.174. The highest BCUT2D eigenvalue weighted by Crippen LogP contribution is 2.28. The van der Waals surface area contributed by atoms with Crippen LogP contribution in [0.3, 0.4) is 0 Å². The normalized spacial score (nSPS) is 13.6. The summed E-state index contributed by atoms with van der Waals surface area (Å²) in [6.45, 7) is 2.90. The maximum Gasteiger partial charge on any atom is 0.263 e. The summed E-state index contributed by atoms with van der Waals surface area (Å²) in [5.74, 6) is -0.214. The van der Waals surface area contributed by atoms with Gasteiger partial charge < -0.3 is 4.90 Å². The first-order valence-electron chi connectivity index (χ1n) is 9.59. The number of hydrogen-bond acceptors (Lipinski definition) is 3. The van der Waals surface area contributed by atoms with Crippen molar-refractivity contribution in [2.45, 2.75) is 24.8 Å². The van der Waals surface area contributed by atoms with Crippen LogP contribution in [-0.4, -0.2) is 25.8 Å². The second kappa shape index (κ2) is 8.13. The molecule has 1 aliphatic heterocycles. The summed E-state index contributed by atoms with van der Waals surface area (Å²) in [5, 5.41) is 0.0663. The van der Waals surface area contributed by atoms with Crippen LogP contribution < -0.4 is 4.72 Å². The van der Waals surface area contributed by atoms with E-state index in [9.17, 15) is 13.2 Å². The lowest BCUT2D eigenvalue weighted by atomic mass is 9.99. The second-order valence-electron chi connectivity index (χ2n) is 7.31. The first-order valence-corrected chi connectivity index (χ1v) is 11.5. The minimum atomic E-state index is -3.95. The van der Waals surface area contributed by atoms with Crippen LogP contribution in [0.5, 0.6) is 0 Å². The van der Waals surface area contributed by atoms with Gasteiger partial charge in [-0.05, 0) is 54.3 Å². The number of rotatable bonds is 4. The molecular weight excluding hydrogens is 420 g/mol. The van der Waals surface area contributed by atoms with Crippen LogP contribution in [0.25, 0.3) is 0 Å². The lowest BCUT2D eigenvalue weighted by Gasteiger charge is -2.29. The molecule has 7 heteroatoms. The molecule has 0 fully saturated rings. The molecule has 30 heavy (non-hydrogen) atoms. The van der Waals surface area contributed by atoms with E-state index in [-0.39, 0.29) is 15.8 Å². The molecule has 1 heterocycles. The average Bonchev–Trinajstić information content (AvgIpc) is 2.74. The van der Waals surface area contributed by atoms with Crippen LogP contribution in [0, 0.1) is 6.92 Å². The smallest absolute Gasteiger partial charge is 0.263 e. The van der Waals surface area contributed by atoms with Gasteiger partial charge in [0.15, 0.2) is 0 Å². The van der Waals surface area contributed by atoms with Gasteiger partial charge in [-0.15, -0.1) is 0 Å². The molecule has 0 aromatic heterocycles. The maximum absolute atomic E-state index is 13.1. The van der Waals surface area contributed by atoms with Crippen LogP contribution in [0.4, 0.5) is 5.69 Å². The van der Waals surface area contributed by atoms with Gasteiger partial charge in [0.2, 0.25) is 0 Å². The van der Waals surface area contributed by atoms with Crippen LogP contribution >= 0.6 is 11.6 Å². The number of carbonyl (C=O) groups excluding carboxylic acids is 1. The summed E-state index contributed by atoms with van der Waals surface area (Å²) in [7, 11) is -3.95. The van der Waals surface area contributed by atoms with E-state index in [2.05, 4.69) is 10.8 Å². The summed E-state index contributed by atoms with van der Waals surface area (Å²) in [6, 6.07) is 19.5. The van der Waals surface area contributed by atoms with Crippen molar-refractivity contribution in [2.75, 3.05) is 11.3 Å². The first-order chi connectivity index (χ1) is 14.3. The van der Waals surface area contributed by atoms with E-state index >= 15 is 0 Å². The Kier molecular flexibility index (Phi) is 5.54. The number of para-hydroxylation sites is 1. The number of aryl methyl sites for hydroxylation is 1. The fourth-order valence-electron chi connectivity index (χ4n) is 3.58. The van der Waals surface area contributed by atoms with Crippen molar-refractivity contribution in [3.63, 3.8) is 0 Å². The fourth-order valence-corrected chi connectivity index (χ4v) is 5.24. The number of hydrogen-bond donors (Lipinski definition) is 1. The van der Waals surface area contributed by atoms with Crippen molar-refractivity contribution >= 4 is 33.2 Å². The number of nitrogens with zero attached hydrogens (tertiary/aromatic N) is 1. The van der Waals surface area contributed by atoms with E-state index in [0.717, 1.165) is 17.5 Å². The molecule has 0 saturated carbocycles. The zero-order valence-electron chi connectivity index (χ0n) is 16.4. The van der Waals surface area contributed by atoms with E-state index < -0.39 is 10.0 Å². The number of nitrogens with one attached hydrogen (secondary N) is 1. The lowest BCUT2D eigenvalue weighted by molar-refractivity contribution is 0.0734. The Hall–Kier alpha value is -2.83. The van der Waals surface area contributed by atoms with Crippen LogP contribution in [0.2, 0.25) is 5.02 Å². The third-order valence-electron chi connectivity index (χ3n) is 5.27. The van der Waals surface area contributed by atoms with Crippen molar-refractivity contribution in [2.24, 2.45) is 0 Å². The molecule has 0 bridgehead atoms. The highest BCUT2D eigenvalue weighted by Gasteiger charge is 2.25. The van der Waals surface area contributed by atoms with Crippen molar-refractivity contribution in [1.29, 1.82) is 0 Å². The molecule has 5 nitrogen and oxygen atoms in total. The SMILES string of the molecule is Cc1ccccc1NS(=O)(=O)c1cc(C(=O)N2CCc3ccccc3C2)ccc1Cl. The number of sulfonamides is 1. The molecule has 0 atom stereocenters. The number of carbonyl (C=O) groups is 1. The maximum atomic E-state index is 13.1. The Morgan fingerprint density at radius 1 is 1.00 bits per heavy atom. The van der Waals surface area contributed by atoms with E-state index in [0.29, 0.717) is 24.3 Å². The first kappa shape index (κ1) is 20.4. The molecule has 3 aromatic rings. The Labute approximate surface area is 181 Å². The van der Waals surface area contributed by atoms with Crippen LogP contribution in [0.1, 0.15) is 27.0 Å². The number of halogens is 1. The second-order valence-corrected chi connectivity index (χ2v) is 9.37. The van der Waals surface area contributed by atoms with Gasteiger partial charge in [-0.2, -0.15) is 0 Å². The third-order valence-corrected chi connectivity index (χ3v) is 7.12. The summed E-state index contributed by atoms with van der Waals surface area (Å²) in [5.41, 5.74) is 3.90. The lowest BCUT2D eigenvalue weighted by Crippen LogP contribution is -2.36. The zero-order chi connectivity index (χ0) is 21.3. The van der Waals surface area contributed by atoms with Gasteiger partial charge in [0.1, 0.15) is 4.90 Å². The summed E-state index contributed by atoms with van der Waals surface area (Å²) in [6.07, 6.45) is 0.773. The number of fused-ring (bicyclic) bond motifs is 1. The molecule has 1 aliphatic rings. The van der Waals surface area contributed by atoms with Gasteiger partial charge in [0.25, 0.3) is 15.9 Å². The minimum absolute atomic E-state index is 0.0663. The van der Waals surface area contributed by atoms with Gasteiger partial charge in [0.05, 0.1) is 10.7 Å². The largest absolute Gasteiger partial charge is 0.334 e. The molecule has 0 saturated heterocycles. The molecule has 0 unspecified atom stereocenters. The summed E-state index contributed by atoms with van der Waals surface area (Å²) >= 11 is 6.20. The molecule has 0 spiro atoms. The molecule has 0 radical (unpaired) electrons. The summed E-state index contributed by atoms with van der Waals surface area (Å²) in [4.78, 5) is 14.7. The molecular formula is C23H21ClN2O3S. The third kappa shape index (κ3) is 4.06. The van der Waals surface area contributed by atoms with E-state index in [1.54, 1.807) is 23.1 Å². The van der Waals surface area contributed by atoms with Crippen molar-refractivity contribution < 1.29 is 13.2 Å². The number of amides is 1. The molecule has 0 aliphatic carbocycles. The van der Waals surface area contributed by atoms with Gasteiger partial charge in [0, 0.05) is 18.7 Å². The van der Waals surface area contributed by atoms with Gasteiger partial charge >= 0.3 is 0 Å². The van der Waals surface area contributed by atoms with Crippen molar-refractivity contribution in [3.8, 4) is 0 Å². The van der Waals surface area contributed by atoms with Gasteiger partial charge in [-0.25, -0.2) is 8.42 Å². The predicted molar refractivity (Wildman–Crippen MR) is 118 cm³/mol. The molecule has 3 aromatic carbocycles. The Bertz CT molecular complexity index is 1220. The van der Waals surface area contributed by atoms with Crippen molar-refractivity contribution in [1.82, 2.24) is 4.90 Å². The van der Waals surface area contributed by atoms with Crippen LogP contribution in [0.15, 0.2) is 71.6 Å². The molecule has 1 N–H and O–H groups in total. The predicted octanol–water partition coefficient (Wildman–Crippen LogP) is 4.65. The highest BCUT2D eigenvalue weighted by atomic mass is 35.5. The average molecular weight is 441 g/mol. The highest BCUT2D eigenvalue weighted by molar-refractivity contribution is 7.92. The quantitative estimate of drug-likeness (QED) is 0.642. The standard InChI is InChI=1S/C23H21ClN2O3S/c1-16-6-2-5-9-21(16)25-30(28,29)22-14-18(10-11-20(22)24)23(27)26-13-12-17-7-3-4-8-19(17)15-26/h2-11,14,25H,12-13,15H2,1H3.